The third kappa shape index (κ3) is 3.97. The lowest BCUT2D eigenvalue weighted by Gasteiger charge is -2.12. The van der Waals surface area contributed by atoms with E-state index in [-0.39, 0.29) is 11.8 Å². The van der Waals surface area contributed by atoms with E-state index < -0.39 is 4.92 Å². The Kier molecular flexibility index (Phi) is 5.54. The number of hydrogen-bond acceptors (Lipinski definition) is 5. The normalized spacial score (nSPS) is 12.2. The van der Waals surface area contributed by atoms with Crippen molar-refractivity contribution in [1.82, 2.24) is 5.32 Å². The molecule has 1 N–H and O–H groups in total. The largest absolute Gasteiger partial charge is 0.496 e. The van der Waals surface area contributed by atoms with Crippen molar-refractivity contribution in [3.63, 3.8) is 0 Å². The molecule has 0 radical (unpaired) electrons. The van der Waals surface area contributed by atoms with Gasteiger partial charge in [0.15, 0.2) is 0 Å². The maximum Gasteiger partial charge on any atom is 0.270 e. The SMILES string of the molecule is COc1ccc([N+](=O)[O-])cc1CNCC(C)OC. The van der Waals surface area contributed by atoms with Crippen LogP contribution in [0.5, 0.6) is 5.75 Å². The van der Waals surface area contributed by atoms with E-state index in [1.54, 1.807) is 20.3 Å². The zero-order chi connectivity index (χ0) is 13.5. The fourth-order valence-electron chi connectivity index (χ4n) is 1.51. The summed E-state index contributed by atoms with van der Waals surface area (Å²) in [6.07, 6.45) is 0.0923. The van der Waals surface area contributed by atoms with Crippen LogP contribution >= 0.6 is 0 Å². The van der Waals surface area contributed by atoms with Gasteiger partial charge >= 0.3 is 0 Å². The summed E-state index contributed by atoms with van der Waals surface area (Å²) in [6, 6.07) is 4.55. The van der Waals surface area contributed by atoms with E-state index in [9.17, 15) is 10.1 Å². The number of nitrogens with one attached hydrogen (secondary N) is 1. The molecule has 0 aliphatic heterocycles. The van der Waals surface area contributed by atoms with Crippen LogP contribution in [0, 0.1) is 10.1 Å². The van der Waals surface area contributed by atoms with Gasteiger partial charge in [-0.05, 0) is 13.0 Å². The highest BCUT2D eigenvalue weighted by molar-refractivity contribution is 5.43. The highest BCUT2D eigenvalue weighted by atomic mass is 16.6. The first-order chi connectivity index (χ1) is 8.58. The molecule has 0 saturated carbocycles. The Labute approximate surface area is 106 Å². The number of hydrogen-bond donors (Lipinski definition) is 1. The van der Waals surface area contributed by atoms with Crippen LogP contribution in [0.1, 0.15) is 12.5 Å². The number of benzene rings is 1. The summed E-state index contributed by atoms with van der Waals surface area (Å²) in [5, 5.41) is 13.9. The molecule has 1 aromatic rings. The third-order valence-corrected chi connectivity index (χ3v) is 2.62. The molecule has 100 valence electrons. The van der Waals surface area contributed by atoms with Crippen LogP contribution in [0.15, 0.2) is 18.2 Å². The zero-order valence-corrected chi connectivity index (χ0v) is 10.8. The number of ether oxygens (including phenoxy) is 2. The van der Waals surface area contributed by atoms with Gasteiger partial charge in [0.05, 0.1) is 18.1 Å². The first kappa shape index (κ1) is 14.4. The van der Waals surface area contributed by atoms with Crippen LogP contribution in [0.4, 0.5) is 5.69 Å². The Morgan fingerprint density at radius 3 is 2.72 bits per heavy atom. The van der Waals surface area contributed by atoms with Crippen LogP contribution in [0.25, 0.3) is 0 Å². The van der Waals surface area contributed by atoms with E-state index in [0.717, 1.165) is 5.56 Å². The summed E-state index contributed by atoms with van der Waals surface area (Å²) in [6.45, 7) is 3.11. The number of methoxy groups -OCH3 is 2. The van der Waals surface area contributed by atoms with Crippen LogP contribution in [0.2, 0.25) is 0 Å². The maximum absolute atomic E-state index is 10.7. The number of non-ortho nitro benzene ring substituents is 1. The van der Waals surface area contributed by atoms with Crippen molar-refractivity contribution in [2.45, 2.75) is 19.6 Å². The van der Waals surface area contributed by atoms with Crippen LogP contribution in [0.3, 0.4) is 0 Å². The summed E-state index contributed by atoms with van der Waals surface area (Å²) < 4.78 is 10.3. The molecule has 0 aromatic heterocycles. The second kappa shape index (κ2) is 6.93. The summed E-state index contributed by atoms with van der Waals surface area (Å²) in [5.41, 5.74) is 0.822. The Morgan fingerprint density at radius 2 is 2.17 bits per heavy atom. The van der Waals surface area contributed by atoms with E-state index in [0.29, 0.717) is 18.8 Å². The predicted octanol–water partition coefficient (Wildman–Crippen LogP) is 1.73. The first-order valence-electron chi connectivity index (χ1n) is 5.63. The molecular formula is C12H18N2O4. The van der Waals surface area contributed by atoms with Crippen LogP contribution < -0.4 is 10.1 Å². The fourth-order valence-corrected chi connectivity index (χ4v) is 1.51. The lowest BCUT2D eigenvalue weighted by molar-refractivity contribution is -0.384. The number of nitro benzene ring substituents is 1. The van der Waals surface area contributed by atoms with Gasteiger partial charge in [-0.1, -0.05) is 0 Å². The van der Waals surface area contributed by atoms with Gasteiger partial charge in [0.25, 0.3) is 5.69 Å². The van der Waals surface area contributed by atoms with Gasteiger partial charge in [-0.2, -0.15) is 0 Å². The maximum atomic E-state index is 10.7. The standard InChI is InChI=1S/C12H18N2O4/c1-9(17-2)7-13-8-10-6-11(14(15)16)4-5-12(10)18-3/h4-6,9,13H,7-8H2,1-3H3. The number of nitrogens with zero attached hydrogens (tertiary/aromatic N) is 1. The molecule has 0 spiro atoms. The smallest absolute Gasteiger partial charge is 0.270 e. The lowest BCUT2D eigenvalue weighted by Crippen LogP contribution is -2.25. The molecule has 1 rings (SSSR count). The van der Waals surface area contributed by atoms with Crippen LogP contribution in [-0.2, 0) is 11.3 Å². The second-order valence-corrected chi connectivity index (χ2v) is 3.93. The van der Waals surface area contributed by atoms with Gasteiger partial charge < -0.3 is 14.8 Å². The molecule has 0 amide bonds. The highest BCUT2D eigenvalue weighted by Gasteiger charge is 2.11. The third-order valence-electron chi connectivity index (χ3n) is 2.62. The molecule has 0 bridgehead atoms. The van der Waals surface area contributed by atoms with E-state index in [1.165, 1.54) is 12.1 Å². The molecular weight excluding hydrogens is 236 g/mol. The monoisotopic (exact) mass is 254 g/mol. The molecule has 1 unspecified atom stereocenters. The molecule has 0 saturated heterocycles. The summed E-state index contributed by atoms with van der Waals surface area (Å²) in [5.74, 6) is 0.637. The van der Waals surface area contributed by atoms with Crippen molar-refractivity contribution in [3.05, 3.63) is 33.9 Å². The Bertz CT molecular complexity index is 409. The molecule has 1 atom stereocenters. The highest BCUT2D eigenvalue weighted by Crippen LogP contribution is 2.23. The van der Waals surface area contributed by atoms with Crippen molar-refractivity contribution in [2.75, 3.05) is 20.8 Å². The molecule has 0 heterocycles. The number of nitro groups is 1. The molecule has 0 fully saturated rings. The molecule has 0 aliphatic carbocycles. The van der Waals surface area contributed by atoms with Crippen molar-refractivity contribution in [3.8, 4) is 5.75 Å². The molecule has 6 nitrogen and oxygen atoms in total. The summed E-state index contributed by atoms with van der Waals surface area (Å²) >= 11 is 0. The van der Waals surface area contributed by atoms with Crippen molar-refractivity contribution in [1.29, 1.82) is 0 Å². The Balaban J connectivity index is 2.72. The minimum atomic E-state index is -0.416. The van der Waals surface area contributed by atoms with E-state index in [1.807, 2.05) is 6.92 Å². The Hall–Kier alpha value is -1.66. The molecule has 6 heteroatoms. The molecule has 0 aliphatic rings. The lowest BCUT2D eigenvalue weighted by atomic mass is 10.1. The van der Waals surface area contributed by atoms with Crippen molar-refractivity contribution < 1.29 is 14.4 Å². The van der Waals surface area contributed by atoms with Crippen LogP contribution in [-0.4, -0.2) is 31.8 Å². The van der Waals surface area contributed by atoms with E-state index in [2.05, 4.69) is 5.32 Å². The average molecular weight is 254 g/mol. The van der Waals surface area contributed by atoms with Crippen molar-refractivity contribution in [2.24, 2.45) is 0 Å². The topological polar surface area (TPSA) is 73.6 Å². The molecule has 18 heavy (non-hydrogen) atoms. The van der Waals surface area contributed by atoms with E-state index in [4.69, 9.17) is 9.47 Å². The summed E-state index contributed by atoms with van der Waals surface area (Å²) in [7, 11) is 3.18. The van der Waals surface area contributed by atoms with Crippen molar-refractivity contribution >= 4 is 5.69 Å². The minimum absolute atomic E-state index is 0.0624. The van der Waals surface area contributed by atoms with Gasteiger partial charge in [0, 0.05) is 37.9 Å². The van der Waals surface area contributed by atoms with Gasteiger partial charge in [-0.25, -0.2) is 0 Å². The quantitative estimate of drug-likeness (QED) is 0.592. The predicted molar refractivity (Wildman–Crippen MR) is 67.8 cm³/mol. The van der Waals surface area contributed by atoms with Gasteiger partial charge in [-0.3, -0.25) is 10.1 Å². The van der Waals surface area contributed by atoms with Gasteiger partial charge in [0.1, 0.15) is 5.75 Å². The second-order valence-electron chi connectivity index (χ2n) is 3.93. The average Bonchev–Trinajstić information content (AvgIpc) is 2.38. The zero-order valence-electron chi connectivity index (χ0n) is 10.8. The van der Waals surface area contributed by atoms with Gasteiger partial charge in [0.2, 0.25) is 0 Å². The number of rotatable bonds is 7. The summed E-state index contributed by atoms with van der Waals surface area (Å²) in [4.78, 5) is 10.3. The first-order valence-corrected chi connectivity index (χ1v) is 5.63. The minimum Gasteiger partial charge on any atom is -0.496 e. The Morgan fingerprint density at radius 1 is 1.44 bits per heavy atom. The van der Waals surface area contributed by atoms with Gasteiger partial charge in [-0.15, -0.1) is 0 Å². The fraction of sp³-hybridized carbons (Fsp3) is 0.500. The molecule has 1 aromatic carbocycles. The van der Waals surface area contributed by atoms with E-state index >= 15 is 0 Å².